The third-order valence-electron chi connectivity index (χ3n) is 2.51. The van der Waals surface area contributed by atoms with Crippen molar-refractivity contribution in [1.29, 1.82) is 0 Å². The minimum atomic E-state index is -0.719. The second-order valence-corrected chi connectivity index (χ2v) is 5.24. The number of anilines is 1. The number of halogens is 2. The Balaban J connectivity index is 1.74. The van der Waals surface area contributed by atoms with E-state index in [0.717, 1.165) is 0 Å². The topological polar surface area (TPSA) is 90.7 Å². The maximum absolute atomic E-state index is 11.7. The summed E-state index contributed by atoms with van der Waals surface area (Å²) in [5, 5.41) is 6.76. The van der Waals surface area contributed by atoms with Crippen LogP contribution in [0.15, 0.2) is 28.8 Å². The number of benzene rings is 1. The Labute approximate surface area is 141 Å². The van der Waals surface area contributed by atoms with Gasteiger partial charge in [-0.25, -0.2) is 4.79 Å². The molecule has 1 aromatic carbocycles. The van der Waals surface area contributed by atoms with Gasteiger partial charge in [0.2, 0.25) is 0 Å². The summed E-state index contributed by atoms with van der Waals surface area (Å²) < 4.78 is 14.6. The predicted molar refractivity (Wildman–Crippen MR) is 82.8 cm³/mol. The minimum absolute atomic E-state index is 0.164. The maximum atomic E-state index is 11.7. The molecule has 0 aliphatic carbocycles. The van der Waals surface area contributed by atoms with Gasteiger partial charge in [-0.1, -0.05) is 23.2 Å². The molecule has 0 saturated carbocycles. The van der Waals surface area contributed by atoms with Gasteiger partial charge < -0.3 is 19.3 Å². The van der Waals surface area contributed by atoms with Crippen LogP contribution in [0, 0.1) is 6.92 Å². The van der Waals surface area contributed by atoms with Crippen LogP contribution in [-0.4, -0.2) is 30.2 Å². The van der Waals surface area contributed by atoms with E-state index in [1.165, 1.54) is 12.1 Å². The number of esters is 1. The van der Waals surface area contributed by atoms with E-state index in [9.17, 15) is 9.59 Å². The normalized spacial score (nSPS) is 10.2. The second-order valence-electron chi connectivity index (χ2n) is 4.40. The predicted octanol–water partition coefficient (Wildman–Crippen LogP) is 2.85. The first-order valence-electron chi connectivity index (χ1n) is 6.40. The highest BCUT2D eigenvalue weighted by atomic mass is 35.5. The number of nitrogens with one attached hydrogen (secondary N) is 1. The Bertz CT molecular complexity index is 717. The lowest BCUT2D eigenvalue weighted by Crippen LogP contribution is -2.23. The third kappa shape index (κ3) is 5.46. The Morgan fingerprint density at radius 1 is 1.26 bits per heavy atom. The average molecular weight is 359 g/mol. The number of rotatable bonds is 6. The molecule has 23 heavy (non-hydrogen) atoms. The molecule has 0 aliphatic heterocycles. The van der Waals surface area contributed by atoms with Gasteiger partial charge in [-0.2, -0.15) is 0 Å². The van der Waals surface area contributed by atoms with Gasteiger partial charge in [-0.3, -0.25) is 4.79 Å². The first-order chi connectivity index (χ1) is 10.9. The molecule has 1 amide bonds. The van der Waals surface area contributed by atoms with Crippen molar-refractivity contribution in [3.8, 4) is 5.88 Å². The molecule has 2 aromatic rings. The third-order valence-corrected chi connectivity index (χ3v) is 3.06. The van der Waals surface area contributed by atoms with E-state index in [4.69, 9.17) is 37.2 Å². The summed E-state index contributed by atoms with van der Waals surface area (Å²) in [7, 11) is 0. The molecule has 1 aromatic heterocycles. The molecule has 0 atom stereocenters. The van der Waals surface area contributed by atoms with E-state index >= 15 is 0 Å². The summed E-state index contributed by atoms with van der Waals surface area (Å²) in [6.45, 7) is 0.824. The Morgan fingerprint density at radius 2 is 2.04 bits per heavy atom. The number of ether oxygens (including phenoxy) is 2. The van der Waals surface area contributed by atoms with Crippen molar-refractivity contribution in [3.63, 3.8) is 0 Å². The molecular formula is C14H12Cl2N2O5. The van der Waals surface area contributed by atoms with Crippen molar-refractivity contribution < 1.29 is 23.6 Å². The van der Waals surface area contributed by atoms with E-state index in [0.29, 0.717) is 16.5 Å². The lowest BCUT2D eigenvalue weighted by atomic mass is 10.3. The average Bonchev–Trinajstić information content (AvgIpc) is 2.91. The number of hydrogen-bond donors (Lipinski definition) is 1. The first kappa shape index (κ1) is 17.1. The van der Waals surface area contributed by atoms with E-state index in [1.807, 2.05) is 0 Å². The fraction of sp³-hybridized carbons (Fsp3) is 0.214. The van der Waals surface area contributed by atoms with Gasteiger partial charge in [0.05, 0.1) is 10.7 Å². The fourth-order valence-corrected chi connectivity index (χ4v) is 1.97. The van der Waals surface area contributed by atoms with Crippen LogP contribution in [0.4, 0.5) is 5.69 Å². The van der Waals surface area contributed by atoms with E-state index in [2.05, 4.69) is 10.5 Å². The highest BCUT2D eigenvalue weighted by Crippen LogP contribution is 2.25. The van der Waals surface area contributed by atoms with Crippen LogP contribution >= 0.6 is 23.2 Å². The van der Waals surface area contributed by atoms with E-state index < -0.39 is 18.5 Å². The largest absolute Gasteiger partial charge is 0.463 e. The number of hydrogen-bond acceptors (Lipinski definition) is 6. The lowest BCUT2D eigenvalue weighted by molar-refractivity contribution is -0.149. The molecule has 0 radical (unpaired) electrons. The molecule has 0 fully saturated rings. The van der Waals surface area contributed by atoms with Gasteiger partial charge in [-0.15, -0.1) is 0 Å². The molecule has 0 bridgehead atoms. The number of aryl methyl sites for hydroxylation is 1. The van der Waals surface area contributed by atoms with Crippen LogP contribution < -0.4 is 10.1 Å². The lowest BCUT2D eigenvalue weighted by Gasteiger charge is -2.08. The van der Waals surface area contributed by atoms with Crippen LogP contribution in [0.2, 0.25) is 10.0 Å². The zero-order chi connectivity index (χ0) is 16.8. The van der Waals surface area contributed by atoms with Crippen molar-refractivity contribution in [2.75, 3.05) is 18.5 Å². The summed E-state index contributed by atoms with van der Waals surface area (Å²) in [5.41, 5.74) is 0.367. The summed E-state index contributed by atoms with van der Waals surface area (Å²) in [5.74, 6) is -0.549. The quantitative estimate of drug-likeness (QED) is 0.798. The fourth-order valence-electron chi connectivity index (χ4n) is 1.51. The smallest absolute Gasteiger partial charge is 0.344 e. The number of carbonyl (C=O) groups is 2. The zero-order valence-electron chi connectivity index (χ0n) is 12.0. The molecule has 122 valence electrons. The Kier molecular flexibility index (Phi) is 5.84. The summed E-state index contributed by atoms with van der Waals surface area (Å²) in [6.07, 6.45) is 0. The van der Waals surface area contributed by atoms with Crippen LogP contribution in [0.1, 0.15) is 5.76 Å². The van der Waals surface area contributed by atoms with Crippen molar-refractivity contribution >= 4 is 40.8 Å². The van der Waals surface area contributed by atoms with E-state index in [1.54, 1.807) is 19.1 Å². The van der Waals surface area contributed by atoms with Gasteiger partial charge in [0.15, 0.2) is 13.2 Å². The second kappa shape index (κ2) is 7.85. The van der Waals surface area contributed by atoms with Crippen molar-refractivity contribution in [3.05, 3.63) is 40.1 Å². The number of aromatic nitrogens is 1. The zero-order valence-corrected chi connectivity index (χ0v) is 13.5. The van der Waals surface area contributed by atoms with Gasteiger partial charge in [0, 0.05) is 11.1 Å². The molecule has 2 rings (SSSR count). The standard InChI is InChI=1S/C14H12Cl2N2O5/c1-8-4-13(18-23-8)21-7-14(20)22-6-12(19)17-11-3-2-9(15)5-10(11)16/h2-5H,6-7H2,1H3,(H,17,19). The summed E-state index contributed by atoms with van der Waals surface area (Å²) >= 11 is 11.7. The van der Waals surface area contributed by atoms with Crippen molar-refractivity contribution in [1.82, 2.24) is 5.16 Å². The molecular weight excluding hydrogens is 347 g/mol. The van der Waals surface area contributed by atoms with Gasteiger partial charge in [0.25, 0.3) is 11.8 Å². The van der Waals surface area contributed by atoms with Crippen molar-refractivity contribution in [2.24, 2.45) is 0 Å². The molecule has 1 heterocycles. The molecule has 0 aliphatic rings. The molecule has 0 spiro atoms. The Morgan fingerprint density at radius 3 is 2.70 bits per heavy atom. The summed E-state index contributed by atoms with van der Waals surface area (Å²) in [6, 6.07) is 6.12. The van der Waals surface area contributed by atoms with E-state index in [-0.39, 0.29) is 17.5 Å². The van der Waals surface area contributed by atoms with Crippen LogP contribution in [0.25, 0.3) is 0 Å². The van der Waals surface area contributed by atoms with Crippen LogP contribution in [-0.2, 0) is 14.3 Å². The SMILES string of the molecule is Cc1cc(OCC(=O)OCC(=O)Nc2ccc(Cl)cc2Cl)no1. The Hall–Kier alpha value is -2.25. The van der Waals surface area contributed by atoms with Gasteiger partial charge in [-0.05, 0) is 30.3 Å². The monoisotopic (exact) mass is 358 g/mol. The molecule has 7 nitrogen and oxygen atoms in total. The minimum Gasteiger partial charge on any atom is -0.463 e. The van der Waals surface area contributed by atoms with Gasteiger partial charge in [0.1, 0.15) is 5.76 Å². The molecule has 1 N–H and O–H groups in total. The molecule has 0 unspecified atom stereocenters. The number of nitrogens with zero attached hydrogens (tertiary/aromatic N) is 1. The summed E-state index contributed by atoms with van der Waals surface area (Å²) in [4.78, 5) is 23.1. The number of amides is 1. The highest BCUT2D eigenvalue weighted by molar-refractivity contribution is 6.36. The van der Waals surface area contributed by atoms with Crippen molar-refractivity contribution in [2.45, 2.75) is 6.92 Å². The molecule has 0 saturated heterocycles. The maximum Gasteiger partial charge on any atom is 0.344 e. The van der Waals surface area contributed by atoms with Crippen LogP contribution in [0.3, 0.4) is 0 Å². The first-order valence-corrected chi connectivity index (χ1v) is 7.16. The van der Waals surface area contributed by atoms with Gasteiger partial charge >= 0.3 is 5.97 Å². The van der Waals surface area contributed by atoms with Crippen LogP contribution in [0.5, 0.6) is 5.88 Å². The number of carbonyl (C=O) groups excluding carboxylic acids is 2. The highest BCUT2D eigenvalue weighted by Gasteiger charge is 2.11. The molecule has 9 heteroatoms.